The molecule has 4 nitrogen and oxygen atoms in total. The van der Waals surface area contributed by atoms with Gasteiger partial charge in [-0.05, 0) is 73.8 Å². The smallest absolute Gasteiger partial charge is 0.309 e. The van der Waals surface area contributed by atoms with E-state index in [0.717, 1.165) is 50.7 Å². The van der Waals surface area contributed by atoms with Gasteiger partial charge in [-0.2, -0.15) is 0 Å². The van der Waals surface area contributed by atoms with Crippen molar-refractivity contribution in [2.24, 2.45) is 34.5 Å². The first-order valence-electron chi connectivity index (χ1n) is 11.7. The molecule has 0 aromatic rings. The third kappa shape index (κ3) is 2.50. The lowest BCUT2D eigenvalue weighted by Gasteiger charge is -2.59. The molecule has 0 amide bonds. The van der Waals surface area contributed by atoms with Gasteiger partial charge in [0, 0.05) is 18.3 Å². The fourth-order valence-corrected chi connectivity index (χ4v) is 8.23. The average Bonchev–Trinajstić information content (AvgIpc) is 3.11. The summed E-state index contributed by atoms with van der Waals surface area (Å²) in [7, 11) is 0. The molecule has 3 fully saturated rings. The zero-order valence-electron chi connectivity index (χ0n) is 18.4. The van der Waals surface area contributed by atoms with Crippen LogP contribution in [0.1, 0.15) is 72.6 Å². The second-order valence-electron chi connectivity index (χ2n) is 10.9. The average molecular weight is 401 g/mol. The minimum Gasteiger partial charge on any atom is -0.498 e. The van der Waals surface area contributed by atoms with Gasteiger partial charge >= 0.3 is 5.97 Å². The quantitative estimate of drug-likeness (QED) is 0.678. The number of carbonyl (C=O) groups excluding carboxylic acids is 1. The maximum Gasteiger partial charge on any atom is 0.309 e. The summed E-state index contributed by atoms with van der Waals surface area (Å²) < 4.78 is 11.9. The lowest BCUT2D eigenvalue weighted by molar-refractivity contribution is -0.182. The Kier molecular flexibility index (Phi) is 4.31. The third-order valence-electron chi connectivity index (χ3n) is 9.62. The van der Waals surface area contributed by atoms with Crippen molar-refractivity contribution in [3.63, 3.8) is 0 Å². The van der Waals surface area contributed by atoms with Crippen molar-refractivity contribution in [1.29, 1.82) is 0 Å². The Bertz CT molecular complexity index is 784. The zero-order chi connectivity index (χ0) is 20.6. The summed E-state index contributed by atoms with van der Waals surface area (Å²) in [4.78, 5) is 12.3. The fraction of sp³-hybridized carbons (Fsp3) is 0.800. The maximum absolute atomic E-state index is 12.3. The Hall–Kier alpha value is -1.29. The van der Waals surface area contributed by atoms with E-state index in [4.69, 9.17) is 9.47 Å². The highest BCUT2D eigenvalue weighted by molar-refractivity contribution is 5.75. The van der Waals surface area contributed by atoms with Crippen molar-refractivity contribution in [2.75, 3.05) is 6.61 Å². The van der Waals surface area contributed by atoms with Crippen LogP contribution < -0.4 is 0 Å². The summed E-state index contributed by atoms with van der Waals surface area (Å²) >= 11 is 0. The highest BCUT2D eigenvalue weighted by atomic mass is 16.6. The molecular formula is C25H36O4. The van der Waals surface area contributed by atoms with E-state index in [1.807, 2.05) is 13.8 Å². The summed E-state index contributed by atoms with van der Waals surface area (Å²) in [6, 6.07) is 0. The molecule has 6 unspecified atom stereocenters. The van der Waals surface area contributed by atoms with Crippen LogP contribution in [0.25, 0.3) is 0 Å². The monoisotopic (exact) mass is 400 g/mol. The summed E-state index contributed by atoms with van der Waals surface area (Å²) in [5.41, 5.74) is 0.903. The molecular weight excluding hydrogens is 364 g/mol. The van der Waals surface area contributed by atoms with Crippen LogP contribution in [0, 0.1) is 34.5 Å². The summed E-state index contributed by atoms with van der Waals surface area (Å²) in [5.74, 6) is 2.30. The van der Waals surface area contributed by atoms with Crippen molar-refractivity contribution < 1.29 is 19.4 Å². The molecule has 0 radical (unpaired) electrons. The van der Waals surface area contributed by atoms with E-state index in [0.29, 0.717) is 18.4 Å². The summed E-state index contributed by atoms with van der Waals surface area (Å²) in [5, 5.41) is 11.5. The number of carbonyl (C=O) groups is 1. The number of rotatable bonds is 2. The molecule has 0 aromatic carbocycles. The van der Waals surface area contributed by atoms with Crippen LogP contribution in [0.2, 0.25) is 0 Å². The van der Waals surface area contributed by atoms with Gasteiger partial charge in [0.05, 0.1) is 24.4 Å². The van der Waals surface area contributed by atoms with E-state index >= 15 is 0 Å². The number of hydrogen-bond acceptors (Lipinski definition) is 4. The Morgan fingerprint density at radius 1 is 1.28 bits per heavy atom. The van der Waals surface area contributed by atoms with E-state index < -0.39 is 0 Å². The number of allylic oxidation sites excluding steroid dienone is 4. The molecule has 5 aliphatic rings. The number of aliphatic hydroxyl groups is 1. The van der Waals surface area contributed by atoms with Crippen LogP contribution in [0.15, 0.2) is 23.5 Å². The molecule has 1 aliphatic heterocycles. The van der Waals surface area contributed by atoms with Gasteiger partial charge in [-0.15, -0.1) is 0 Å². The number of hydrogen-bond donors (Lipinski definition) is 1. The molecule has 2 saturated carbocycles. The Morgan fingerprint density at radius 2 is 2.07 bits per heavy atom. The lowest BCUT2D eigenvalue weighted by atomic mass is 9.46. The van der Waals surface area contributed by atoms with Crippen molar-refractivity contribution in [1.82, 2.24) is 0 Å². The van der Waals surface area contributed by atoms with Gasteiger partial charge < -0.3 is 14.6 Å². The van der Waals surface area contributed by atoms with Crippen molar-refractivity contribution >= 4 is 5.97 Å². The Labute approximate surface area is 174 Å². The van der Waals surface area contributed by atoms with Gasteiger partial charge in [-0.1, -0.05) is 26.8 Å². The number of esters is 1. The second-order valence-corrected chi connectivity index (χ2v) is 10.9. The molecule has 4 aliphatic carbocycles. The summed E-state index contributed by atoms with van der Waals surface area (Å²) in [6.07, 6.45) is 11.0. The van der Waals surface area contributed by atoms with E-state index in [-0.39, 0.29) is 40.3 Å². The Morgan fingerprint density at radius 3 is 2.76 bits per heavy atom. The van der Waals surface area contributed by atoms with Gasteiger partial charge in [-0.25, -0.2) is 0 Å². The second kappa shape index (κ2) is 6.35. The Balaban J connectivity index is 1.50. The highest BCUT2D eigenvalue weighted by Gasteiger charge is 2.69. The van der Waals surface area contributed by atoms with E-state index in [1.165, 1.54) is 5.57 Å². The van der Waals surface area contributed by atoms with E-state index in [9.17, 15) is 9.90 Å². The lowest BCUT2D eigenvalue weighted by Crippen LogP contribution is -2.59. The van der Waals surface area contributed by atoms with Crippen molar-refractivity contribution in [2.45, 2.75) is 84.3 Å². The van der Waals surface area contributed by atoms with Crippen LogP contribution in [-0.2, 0) is 14.3 Å². The first-order valence-corrected chi connectivity index (χ1v) is 11.7. The van der Waals surface area contributed by atoms with Crippen molar-refractivity contribution in [3.05, 3.63) is 23.5 Å². The SMILES string of the molecule is CCOC1=CC2=CCC3C([C@H](O)CC4(C)C3CC[C@@]43CC(C)C(=O)O3)C2(C)CC1. The molecule has 4 heteroatoms. The molecule has 0 bridgehead atoms. The van der Waals surface area contributed by atoms with Crippen LogP contribution in [-0.4, -0.2) is 29.4 Å². The first-order chi connectivity index (χ1) is 13.7. The number of aliphatic hydroxyl groups excluding tert-OH is 1. The van der Waals surface area contributed by atoms with Crippen LogP contribution in [0.4, 0.5) is 0 Å². The minimum atomic E-state index is -0.361. The van der Waals surface area contributed by atoms with Crippen LogP contribution >= 0.6 is 0 Å². The first kappa shape index (κ1) is 19.7. The van der Waals surface area contributed by atoms with Gasteiger partial charge in [0.25, 0.3) is 0 Å². The zero-order valence-corrected chi connectivity index (χ0v) is 18.4. The van der Waals surface area contributed by atoms with Crippen molar-refractivity contribution in [3.8, 4) is 0 Å². The third-order valence-corrected chi connectivity index (χ3v) is 9.62. The molecule has 29 heavy (non-hydrogen) atoms. The highest BCUT2D eigenvalue weighted by Crippen LogP contribution is 2.69. The molecule has 0 aromatic heterocycles. The molecule has 1 N–H and O–H groups in total. The molecule has 1 saturated heterocycles. The normalized spacial score (nSPS) is 50.9. The van der Waals surface area contributed by atoms with Gasteiger partial charge in [0.2, 0.25) is 0 Å². The van der Waals surface area contributed by atoms with Crippen LogP contribution in [0.3, 0.4) is 0 Å². The molecule has 5 rings (SSSR count). The molecule has 1 spiro atoms. The maximum atomic E-state index is 12.3. The van der Waals surface area contributed by atoms with Crippen LogP contribution in [0.5, 0.6) is 0 Å². The molecule has 160 valence electrons. The van der Waals surface area contributed by atoms with Gasteiger partial charge in [0.1, 0.15) is 5.60 Å². The van der Waals surface area contributed by atoms with Gasteiger partial charge in [0.15, 0.2) is 0 Å². The topological polar surface area (TPSA) is 55.8 Å². The summed E-state index contributed by atoms with van der Waals surface area (Å²) in [6.45, 7) is 9.42. The number of fused-ring (bicyclic) bond motifs is 6. The fourth-order valence-electron chi connectivity index (χ4n) is 8.23. The predicted molar refractivity (Wildman–Crippen MR) is 111 cm³/mol. The predicted octanol–water partition coefficient (Wildman–Crippen LogP) is 4.77. The van der Waals surface area contributed by atoms with E-state index in [2.05, 4.69) is 26.0 Å². The largest absolute Gasteiger partial charge is 0.498 e. The minimum absolute atomic E-state index is 0.0136. The molecule has 8 atom stereocenters. The number of ether oxygens (including phenoxy) is 2. The van der Waals surface area contributed by atoms with Gasteiger partial charge in [-0.3, -0.25) is 4.79 Å². The standard InChI is InChI=1S/C25H36O4/c1-5-28-17-8-10-23(3)16(12-17)6-7-18-19-9-11-25(13-15(2)22(27)29-25)24(19,4)14-20(26)21(18)23/h6,12,15,18-21,26H,5,7-11,13-14H2,1-4H3/t15?,18?,19?,20-,21?,23?,24?,25-/m1/s1. The molecule has 1 heterocycles. The van der Waals surface area contributed by atoms with E-state index in [1.54, 1.807) is 0 Å².